The van der Waals surface area contributed by atoms with Gasteiger partial charge in [0, 0.05) is 0 Å². The Hall–Kier alpha value is -2.13. The zero-order valence-electron chi connectivity index (χ0n) is 12.7. The van der Waals surface area contributed by atoms with Gasteiger partial charge in [0.05, 0.1) is 6.61 Å². The molecule has 2 aromatic rings. The highest BCUT2D eigenvalue weighted by atomic mass is 16.7. The monoisotopic (exact) mass is 296 g/mol. The van der Waals surface area contributed by atoms with E-state index in [1.807, 2.05) is 55.5 Å². The lowest BCUT2D eigenvalue weighted by Crippen LogP contribution is -2.28. The summed E-state index contributed by atoms with van der Waals surface area (Å²) in [6, 6.07) is 20.0. The van der Waals surface area contributed by atoms with Gasteiger partial charge < -0.3 is 9.47 Å². The van der Waals surface area contributed by atoms with Gasteiger partial charge in [-0.05, 0) is 30.9 Å². The molecule has 3 rings (SSSR count). The number of carbonyl (C=O) groups excluding carboxylic acids is 1. The van der Waals surface area contributed by atoms with Crippen LogP contribution in [0.3, 0.4) is 0 Å². The largest absolute Gasteiger partial charge is 0.464 e. The van der Waals surface area contributed by atoms with Crippen LogP contribution in [-0.2, 0) is 20.7 Å². The zero-order valence-corrected chi connectivity index (χ0v) is 12.7. The van der Waals surface area contributed by atoms with Crippen molar-refractivity contribution in [1.29, 1.82) is 0 Å². The minimum Gasteiger partial charge on any atom is -0.464 e. The van der Waals surface area contributed by atoms with Gasteiger partial charge in [0.1, 0.15) is 6.10 Å². The molecule has 2 atom stereocenters. The van der Waals surface area contributed by atoms with Crippen molar-refractivity contribution < 1.29 is 14.3 Å². The highest BCUT2D eigenvalue weighted by Crippen LogP contribution is 2.53. The fourth-order valence-corrected chi connectivity index (χ4v) is 2.82. The number of benzene rings is 2. The van der Waals surface area contributed by atoms with Crippen LogP contribution in [0.2, 0.25) is 0 Å². The van der Waals surface area contributed by atoms with Crippen LogP contribution in [0, 0.1) is 0 Å². The predicted molar refractivity (Wildman–Crippen MR) is 84.4 cm³/mol. The van der Waals surface area contributed by atoms with E-state index in [1.54, 1.807) is 0 Å². The van der Waals surface area contributed by atoms with Gasteiger partial charge in [-0.1, -0.05) is 60.7 Å². The fourth-order valence-electron chi connectivity index (χ4n) is 2.82. The van der Waals surface area contributed by atoms with Gasteiger partial charge in [-0.2, -0.15) is 0 Å². The van der Waals surface area contributed by atoms with Crippen LogP contribution < -0.4 is 0 Å². The normalized spacial score (nSPS) is 23.0. The minimum atomic E-state index is -0.826. The lowest BCUT2D eigenvalue weighted by molar-refractivity contribution is -0.149. The lowest BCUT2D eigenvalue weighted by Gasteiger charge is -2.12. The quantitative estimate of drug-likeness (QED) is 0.603. The third kappa shape index (κ3) is 2.90. The number of aryl methyl sites for hydroxylation is 1. The van der Waals surface area contributed by atoms with Crippen molar-refractivity contribution in [3.63, 3.8) is 0 Å². The van der Waals surface area contributed by atoms with Gasteiger partial charge in [0.2, 0.25) is 0 Å². The highest BCUT2D eigenvalue weighted by Gasteiger charge is 2.63. The van der Waals surface area contributed by atoms with Gasteiger partial charge in [0.25, 0.3) is 0 Å². The van der Waals surface area contributed by atoms with E-state index in [2.05, 4.69) is 12.1 Å². The summed E-state index contributed by atoms with van der Waals surface area (Å²) < 4.78 is 11.1. The Morgan fingerprint density at radius 3 is 2.36 bits per heavy atom. The van der Waals surface area contributed by atoms with E-state index < -0.39 is 5.60 Å². The molecule has 3 nitrogen and oxygen atoms in total. The van der Waals surface area contributed by atoms with Crippen LogP contribution in [0.5, 0.6) is 0 Å². The van der Waals surface area contributed by atoms with Gasteiger partial charge in [-0.25, -0.2) is 4.79 Å². The van der Waals surface area contributed by atoms with E-state index in [9.17, 15) is 4.79 Å². The number of epoxide rings is 1. The van der Waals surface area contributed by atoms with Crippen LogP contribution >= 0.6 is 0 Å². The van der Waals surface area contributed by atoms with E-state index in [0.29, 0.717) is 13.0 Å². The Morgan fingerprint density at radius 2 is 1.73 bits per heavy atom. The van der Waals surface area contributed by atoms with Crippen molar-refractivity contribution >= 4 is 5.97 Å². The number of carbonyl (C=O) groups is 1. The molecule has 2 aromatic carbocycles. The fraction of sp³-hybridized carbons (Fsp3) is 0.316. The first kappa shape index (κ1) is 14.8. The Morgan fingerprint density at radius 1 is 1.09 bits per heavy atom. The Kier molecular flexibility index (Phi) is 4.25. The average Bonchev–Trinajstić information content (AvgIpc) is 3.31. The Labute approximate surface area is 130 Å². The smallest absolute Gasteiger partial charge is 0.341 e. The summed E-state index contributed by atoms with van der Waals surface area (Å²) in [7, 11) is 0. The summed E-state index contributed by atoms with van der Waals surface area (Å²) in [6.07, 6.45) is 1.23. The first-order valence-electron chi connectivity index (χ1n) is 7.70. The molecule has 0 bridgehead atoms. The average molecular weight is 296 g/mol. The SMILES string of the molecule is CCOC(=O)[C@@]1(CCc2ccccc2)O[C@H]1c1ccccc1. The molecule has 1 saturated heterocycles. The number of ether oxygens (including phenoxy) is 2. The molecule has 0 saturated carbocycles. The maximum absolute atomic E-state index is 12.4. The van der Waals surface area contributed by atoms with Crippen molar-refractivity contribution in [3.8, 4) is 0 Å². The molecule has 0 N–H and O–H groups in total. The second-order valence-electron chi connectivity index (χ2n) is 5.50. The van der Waals surface area contributed by atoms with Crippen molar-refractivity contribution in [2.45, 2.75) is 31.5 Å². The molecule has 1 aliphatic heterocycles. The maximum Gasteiger partial charge on any atom is 0.341 e. The Balaban J connectivity index is 1.76. The molecule has 0 aromatic heterocycles. The second kappa shape index (κ2) is 6.32. The first-order valence-corrected chi connectivity index (χ1v) is 7.70. The molecule has 114 valence electrons. The molecule has 1 heterocycles. The summed E-state index contributed by atoms with van der Waals surface area (Å²) in [6.45, 7) is 2.19. The topological polar surface area (TPSA) is 38.8 Å². The first-order chi connectivity index (χ1) is 10.8. The van der Waals surface area contributed by atoms with E-state index in [0.717, 1.165) is 12.0 Å². The molecule has 22 heavy (non-hydrogen) atoms. The van der Waals surface area contributed by atoms with E-state index in [4.69, 9.17) is 9.47 Å². The van der Waals surface area contributed by atoms with Crippen molar-refractivity contribution in [1.82, 2.24) is 0 Å². The summed E-state index contributed by atoms with van der Waals surface area (Å²) in [5, 5.41) is 0. The van der Waals surface area contributed by atoms with Crippen LogP contribution in [-0.4, -0.2) is 18.2 Å². The van der Waals surface area contributed by atoms with Gasteiger partial charge >= 0.3 is 5.97 Å². The van der Waals surface area contributed by atoms with Gasteiger partial charge in [-0.15, -0.1) is 0 Å². The lowest BCUT2D eigenvalue weighted by atomic mass is 9.92. The van der Waals surface area contributed by atoms with Crippen LogP contribution in [0.1, 0.15) is 30.6 Å². The van der Waals surface area contributed by atoms with Crippen LogP contribution in [0.15, 0.2) is 60.7 Å². The molecule has 0 aliphatic carbocycles. The molecular formula is C19H20O3. The van der Waals surface area contributed by atoms with E-state index in [-0.39, 0.29) is 12.1 Å². The third-order valence-electron chi connectivity index (χ3n) is 4.05. The van der Waals surface area contributed by atoms with Crippen molar-refractivity contribution in [3.05, 3.63) is 71.8 Å². The van der Waals surface area contributed by atoms with E-state index >= 15 is 0 Å². The molecule has 1 fully saturated rings. The number of hydrogen-bond donors (Lipinski definition) is 0. The molecule has 0 radical (unpaired) electrons. The summed E-state index contributed by atoms with van der Waals surface area (Å²) >= 11 is 0. The molecule has 0 spiro atoms. The van der Waals surface area contributed by atoms with Gasteiger partial charge in [-0.3, -0.25) is 0 Å². The standard InChI is InChI=1S/C19H20O3/c1-2-21-18(20)19(14-13-15-9-5-3-6-10-15)17(22-19)16-11-7-4-8-12-16/h3-12,17H,2,13-14H2,1H3/t17-,19-/m0/s1. The third-order valence-corrected chi connectivity index (χ3v) is 4.05. The van der Waals surface area contributed by atoms with Crippen LogP contribution in [0.25, 0.3) is 0 Å². The summed E-state index contributed by atoms with van der Waals surface area (Å²) in [4.78, 5) is 12.4. The summed E-state index contributed by atoms with van der Waals surface area (Å²) in [5.74, 6) is -0.250. The molecule has 0 amide bonds. The zero-order chi connectivity index (χ0) is 15.4. The number of rotatable bonds is 6. The number of esters is 1. The molecule has 0 unspecified atom stereocenters. The Bertz CT molecular complexity index is 624. The van der Waals surface area contributed by atoms with Crippen molar-refractivity contribution in [2.75, 3.05) is 6.61 Å². The summed E-state index contributed by atoms with van der Waals surface area (Å²) in [5.41, 5.74) is 1.41. The second-order valence-corrected chi connectivity index (χ2v) is 5.50. The maximum atomic E-state index is 12.4. The number of hydrogen-bond acceptors (Lipinski definition) is 3. The molecule has 3 heteroatoms. The minimum absolute atomic E-state index is 0.198. The van der Waals surface area contributed by atoms with E-state index in [1.165, 1.54) is 5.56 Å². The molecular weight excluding hydrogens is 276 g/mol. The highest BCUT2D eigenvalue weighted by molar-refractivity contribution is 5.84. The molecule has 1 aliphatic rings. The van der Waals surface area contributed by atoms with Crippen LogP contribution in [0.4, 0.5) is 0 Å². The van der Waals surface area contributed by atoms with Gasteiger partial charge in [0.15, 0.2) is 5.60 Å². The predicted octanol–water partition coefficient (Wildman–Crippen LogP) is 3.69. The van der Waals surface area contributed by atoms with Crippen molar-refractivity contribution in [2.24, 2.45) is 0 Å².